The summed E-state index contributed by atoms with van der Waals surface area (Å²) >= 11 is 0. The molecule has 0 aliphatic carbocycles. The van der Waals surface area contributed by atoms with Crippen molar-refractivity contribution in [2.45, 2.75) is 13.0 Å². The molecule has 2 rings (SSSR count). The molecule has 0 saturated heterocycles. The van der Waals surface area contributed by atoms with E-state index in [9.17, 15) is 0 Å². The normalized spacial score (nSPS) is 20.4. The first kappa shape index (κ1) is 9.21. The van der Waals surface area contributed by atoms with Crippen molar-refractivity contribution in [1.29, 1.82) is 0 Å². The third-order valence-corrected chi connectivity index (χ3v) is 2.28. The Morgan fingerprint density at radius 1 is 1.43 bits per heavy atom. The highest BCUT2D eigenvalue weighted by Gasteiger charge is 2.18. The molecule has 2 N–H and O–H groups in total. The van der Waals surface area contributed by atoms with Crippen LogP contribution in [-0.4, -0.2) is 25.1 Å². The van der Waals surface area contributed by atoms with Gasteiger partial charge in [-0.3, -0.25) is 0 Å². The van der Waals surface area contributed by atoms with Crippen LogP contribution in [-0.2, 0) is 4.74 Å². The van der Waals surface area contributed by atoms with Gasteiger partial charge in [-0.2, -0.15) is 0 Å². The Bertz CT molecular complexity index is 343. The van der Waals surface area contributed by atoms with Crippen LogP contribution in [0.2, 0.25) is 0 Å². The van der Waals surface area contributed by atoms with Gasteiger partial charge < -0.3 is 10.5 Å². The third kappa shape index (κ3) is 1.77. The van der Waals surface area contributed by atoms with Crippen molar-refractivity contribution >= 4 is 5.90 Å². The maximum Gasteiger partial charge on any atom is 0.216 e. The van der Waals surface area contributed by atoms with E-state index in [1.807, 2.05) is 12.1 Å². The number of ether oxygens (including phenoxy) is 1. The van der Waals surface area contributed by atoms with Crippen molar-refractivity contribution in [3.05, 3.63) is 35.4 Å². The summed E-state index contributed by atoms with van der Waals surface area (Å²) in [6.07, 6.45) is 0.0614. The zero-order chi connectivity index (χ0) is 9.97. The molecule has 1 aromatic rings. The van der Waals surface area contributed by atoms with E-state index in [0.717, 1.165) is 11.5 Å². The van der Waals surface area contributed by atoms with Crippen LogP contribution in [0, 0.1) is 6.92 Å². The summed E-state index contributed by atoms with van der Waals surface area (Å²) in [5.41, 5.74) is 7.77. The summed E-state index contributed by atoms with van der Waals surface area (Å²) in [5, 5.41) is 0. The van der Waals surface area contributed by atoms with E-state index in [2.05, 4.69) is 24.0 Å². The maximum absolute atomic E-state index is 5.56. The largest absolute Gasteiger partial charge is 0.471 e. The highest BCUT2D eigenvalue weighted by molar-refractivity contribution is 5.95. The van der Waals surface area contributed by atoms with E-state index in [-0.39, 0.29) is 6.10 Å². The predicted octanol–water partition coefficient (Wildman–Crippen LogP) is 1.10. The second-order valence-electron chi connectivity index (χ2n) is 3.49. The van der Waals surface area contributed by atoms with E-state index in [1.165, 1.54) is 5.56 Å². The fourth-order valence-corrected chi connectivity index (χ4v) is 1.40. The molecule has 1 aliphatic heterocycles. The van der Waals surface area contributed by atoms with Crippen LogP contribution in [0.15, 0.2) is 29.3 Å². The summed E-state index contributed by atoms with van der Waals surface area (Å²) in [7, 11) is 0. The number of benzene rings is 1. The Labute approximate surface area is 83.6 Å². The number of aryl methyl sites for hydroxylation is 1. The lowest BCUT2D eigenvalue weighted by atomic mass is 10.1. The molecule has 0 spiro atoms. The van der Waals surface area contributed by atoms with Gasteiger partial charge in [0.15, 0.2) is 0 Å². The van der Waals surface area contributed by atoms with Crippen LogP contribution in [0.1, 0.15) is 11.1 Å². The zero-order valence-electron chi connectivity index (χ0n) is 8.23. The van der Waals surface area contributed by atoms with Crippen molar-refractivity contribution in [3.8, 4) is 0 Å². The lowest BCUT2D eigenvalue weighted by Gasteiger charge is -2.08. The molecule has 14 heavy (non-hydrogen) atoms. The van der Waals surface area contributed by atoms with Crippen molar-refractivity contribution in [1.82, 2.24) is 0 Å². The van der Waals surface area contributed by atoms with Gasteiger partial charge in [0.2, 0.25) is 5.90 Å². The second kappa shape index (κ2) is 3.80. The minimum absolute atomic E-state index is 0.0614. The Kier molecular flexibility index (Phi) is 2.50. The van der Waals surface area contributed by atoms with E-state index < -0.39 is 0 Å². The number of nitrogens with zero attached hydrogens (tertiary/aromatic N) is 1. The maximum atomic E-state index is 5.56. The molecule has 0 radical (unpaired) electrons. The van der Waals surface area contributed by atoms with E-state index >= 15 is 0 Å². The third-order valence-electron chi connectivity index (χ3n) is 2.28. The van der Waals surface area contributed by atoms with Crippen molar-refractivity contribution < 1.29 is 4.74 Å². The molecule has 3 nitrogen and oxygen atoms in total. The average Bonchev–Trinajstić information content (AvgIpc) is 2.67. The summed E-state index contributed by atoms with van der Waals surface area (Å²) in [6.45, 7) is 3.27. The van der Waals surface area contributed by atoms with Crippen molar-refractivity contribution in [3.63, 3.8) is 0 Å². The molecule has 74 valence electrons. The van der Waals surface area contributed by atoms with Crippen molar-refractivity contribution in [2.24, 2.45) is 10.7 Å². The average molecular weight is 190 g/mol. The summed E-state index contributed by atoms with van der Waals surface area (Å²) < 4.78 is 5.56. The number of hydrogen-bond donors (Lipinski definition) is 1. The van der Waals surface area contributed by atoms with Gasteiger partial charge in [0.25, 0.3) is 0 Å². The quantitative estimate of drug-likeness (QED) is 0.759. The first-order chi connectivity index (χ1) is 6.79. The Morgan fingerprint density at radius 3 is 2.71 bits per heavy atom. The molecule has 0 fully saturated rings. The lowest BCUT2D eigenvalue weighted by molar-refractivity contribution is 0.233. The fraction of sp³-hybridized carbons (Fsp3) is 0.364. The minimum atomic E-state index is 0.0614. The standard InChI is InChI=1S/C11H14N2O/c1-8-2-4-9(5-3-8)11-13-7-10(6-12)14-11/h2-5,10H,6-7,12H2,1H3. The Morgan fingerprint density at radius 2 is 2.14 bits per heavy atom. The molecule has 0 aromatic heterocycles. The Hall–Kier alpha value is -1.35. The molecule has 1 aliphatic rings. The van der Waals surface area contributed by atoms with Gasteiger partial charge in [-0.25, -0.2) is 4.99 Å². The highest BCUT2D eigenvalue weighted by Crippen LogP contribution is 2.12. The van der Waals surface area contributed by atoms with Crippen LogP contribution >= 0.6 is 0 Å². The van der Waals surface area contributed by atoms with Gasteiger partial charge in [-0.1, -0.05) is 17.7 Å². The van der Waals surface area contributed by atoms with E-state index in [0.29, 0.717) is 13.1 Å². The fourth-order valence-electron chi connectivity index (χ4n) is 1.40. The summed E-state index contributed by atoms with van der Waals surface area (Å²) in [6, 6.07) is 8.15. The zero-order valence-corrected chi connectivity index (χ0v) is 8.23. The molecule has 1 atom stereocenters. The number of hydrogen-bond acceptors (Lipinski definition) is 3. The molecule has 0 amide bonds. The molecule has 1 aromatic carbocycles. The number of aliphatic imine (C=N–C) groups is 1. The van der Waals surface area contributed by atoms with Crippen LogP contribution in [0.4, 0.5) is 0 Å². The van der Waals surface area contributed by atoms with E-state index in [4.69, 9.17) is 10.5 Å². The molecule has 0 saturated carbocycles. The molecular formula is C11H14N2O. The molecule has 3 heteroatoms. The topological polar surface area (TPSA) is 47.6 Å². The van der Waals surface area contributed by atoms with Gasteiger partial charge in [0.05, 0.1) is 6.54 Å². The predicted molar refractivity (Wildman–Crippen MR) is 56.5 cm³/mol. The first-order valence-electron chi connectivity index (χ1n) is 4.78. The SMILES string of the molecule is Cc1ccc(C2=NCC(CN)O2)cc1. The van der Waals surface area contributed by atoms with Crippen LogP contribution in [0.25, 0.3) is 0 Å². The van der Waals surface area contributed by atoms with Gasteiger partial charge in [0.1, 0.15) is 6.10 Å². The van der Waals surface area contributed by atoms with Gasteiger partial charge in [-0.05, 0) is 19.1 Å². The lowest BCUT2D eigenvalue weighted by Crippen LogP contribution is -2.23. The smallest absolute Gasteiger partial charge is 0.216 e. The summed E-state index contributed by atoms with van der Waals surface area (Å²) in [4.78, 5) is 4.30. The van der Waals surface area contributed by atoms with E-state index in [1.54, 1.807) is 0 Å². The van der Waals surface area contributed by atoms with Crippen molar-refractivity contribution in [2.75, 3.05) is 13.1 Å². The number of rotatable bonds is 2. The minimum Gasteiger partial charge on any atom is -0.471 e. The van der Waals surface area contributed by atoms with Crippen LogP contribution in [0.3, 0.4) is 0 Å². The van der Waals surface area contributed by atoms with Gasteiger partial charge in [-0.15, -0.1) is 0 Å². The highest BCUT2D eigenvalue weighted by atomic mass is 16.5. The Balaban J connectivity index is 2.13. The van der Waals surface area contributed by atoms with Crippen LogP contribution < -0.4 is 5.73 Å². The molecule has 0 bridgehead atoms. The van der Waals surface area contributed by atoms with Crippen LogP contribution in [0.5, 0.6) is 0 Å². The van der Waals surface area contributed by atoms with Gasteiger partial charge >= 0.3 is 0 Å². The molecule has 1 unspecified atom stereocenters. The summed E-state index contributed by atoms with van der Waals surface area (Å²) in [5.74, 6) is 0.723. The first-order valence-corrected chi connectivity index (χ1v) is 4.78. The van der Waals surface area contributed by atoms with Gasteiger partial charge in [0, 0.05) is 12.1 Å². The monoisotopic (exact) mass is 190 g/mol. The molecule has 1 heterocycles. The molecular weight excluding hydrogens is 176 g/mol. The number of nitrogens with two attached hydrogens (primary N) is 1. The second-order valence-corrected chi connectivity index (χ2v) is 3.49.